The number of piperidine rings is 1. The van der Waals surface area contributed by atoms with E-state index in [9.17, 15) is 0 Å². The van der Waals surface area contributed by atoms with Crippen LogP contribution < -0.4 is 5.73 Å². The van der Waals surface area contributed by atoms with Crippen LogP contribution in [0.4, 0.5) is 5.95 Å². The summed E-state index contributed by atoms with van der Waals surface area (Å²) >= 11 is 0. The van der Waals surface area contributed by atoms with E-state index in [4.69, 9.17) is 10.7 Å². The topological polar surface area (TPSA) is 67.9 Å². The number of aryl methyl sites for hydroxylation is 1. The van der Waals surface area contributed by atoms with Gasteiger partial charge in [0.1, 0.15) is 0 Å². The second kappa shape index (κ2) is 8.48. The molecule has 0 unspecified atom stereocenters. The van der Waals surface area contributed by atoms with Gasteiger partial charge >= 0.3 is 0 Å². The molecule has 2 N–H and O–H groups in total. The molecule has 28 heavy (non-hydrogen) atoms. The van der Waals surface area contributed by atoms with Gasteiger partial charge in [-0.15, -0.1) is 0 Å². The standard InChI is InChI=1S/C23H27N5/c1-17-12-20(21-14-25-23(24)26-15-21)13-22(27-17)19-8-5-10-28(16-19)11-9-18-6-3-2-4-7-18/h2-4,6-7,12-15,19H,5,8-11,16H2,1H3,(H2,24,25,26)/t19-/m0/s1. The molecule has 0 aliphatic carbocycles. The number of benzene rings is 1. The molecule has 1 atom stereocenters. The number of pyridine rings is 1. The predicted molar refractivity (Wildman–Crippen MR) is 113 cm³/mol. The molecule has 0 spiro atoms. The molecule has 1 aliphatic heterocycles. The summed E-state index contributed by atoms with van der Waals surface area (Å²) in [5.41, 5.74) is 11.3. The molecular weight excluding hydrogens is 346 g/mol. The molecule has 1 fully saturated rings. The molecule has 0 saturated carbocycles. The van der Waals surface area contributed by atoms with E-state index in [1.54, 1.807) is 12.4 Å². The molecule has 1 aliphatic rings. The smallest absolute Gasteiger partial charge is 0.219 e. The lowest BCUT2D eigenvalue weighted by Crippen LogP contribution is -2.36. The number of rotatable bonds is 5. The van der Waals surface area contributed by atoms with Crippen molar-refractivity contribution in [2.75, 3.05) is 25.4 Å². The highest BCUT2D eigenvalue weighted by molar-refractivity contribution is 5.63. The van der Waals surface area contributed by atoms with Crippen LogP contribution in [-0.4, -0.2) is 39.5 Å². The van der Waals surface area contributed by atoms with Crippen LogP contribution in [0.2, 0.25) is 0 Å². The molecule has 3 aromatic rings. The van der Waals surface area contributed by atoms with E-state index in [1.165, 1.54) is 30.6 Å². The fraction of sp³-hybridized carbons (Fsp3) is 0.348. The van der Waals surface area contributed by atoms with Crippen molar-refractivity contribution in [2.45, 2.75) is 32.1 Å². The van der Waals surface area contributed by atoms with Gasteiger partial charge in [0, 0.05) is 48.4 Å². The lowest BCUT2D eigenvalue weighted by molar-refractivity contribution is 0.208. The molecule has 0 bridgehead atoms. The third kappa shape index (κ3) is 4.54. The summed E-state index contributed by atoms with van der Waals surface area (Å²) in [6, 6.07) is 15.0. The normalized spacial score (nSPS) is 17.5. The Bertz CT molecular complexity index is 908. The summed E-state index contributed by atoms with van der Waals surface area (Å²) in [7, 11) is 0. The summed E-state index contributed by atoms with van der Waals surface area (Å²) in [5, 5.41) is 0. The number of nitrogens with zero attached hydrogens (tertiary/aromatic N) is 4. The van der Waals surface area contributed by atoms with Crippen LogP contribution in [0.5, 0.6) is 0 Å². The Morgan fingerprint density at radius 1 is 1.07 bits per heavy atom. The minimum absolute atomic E-state index is 0.302. The largest absolute Gasteiger partial charge is 0.368 e. The Hall–Kier alpha value is -2.79. The number of anilines is 1. The maximum atomic E-state index is 5.63. The van der Waals surface area contributed by atoms with Crippen LogP contribution in [0.3, 0.4) is 0 Å². The Balaban J connectivity index is 1.47. The lowest BCUT2D eigenvalue weighted by atomic mass is 9.92. The molecule has 5 heteroatoms. The van der Waals surface area contributed by atoms with E-state index in [-0.39, 0.29) is 0 Å². The quantitative estimate of drug-likeness (QED) is 0.736. The monoisotopic (exact) mass is 373 g/mol. The van der Waals surface area contributed by atoms with Crippen LogP contribution in [0.25, 0.3) is 11.1 Å². The predicted octanol–water partition coefficient (Wildman–Crippen LogP) is 3.85. The van der Waals surface area contributed by atoms with Crippen molar-refractivity contribution in [1.29, 1.82) is 0 Å². The van der Waals surface area contributed by atoms with Crippen molar-refractivity contribution < 1.29 is 0 Å². The van der Waals surface area contributed by atoms with Gasteiger partial charge in [-0.2, -0.15) is 0 Å². The van der Waals surface area contributed by atoms with Gasteiger partial charge in [-0.05, 0) is 56.0 Å². The lowest BCUT2D eigenvalue weighted by Gasteiger charge is -2.32. The number of nitrogen functional groups attached to an aromatic ring is 1. The van der Waals surface area contributed by atoms with Crippen molar-refractivity contribution in [3.8, 4) is 11.1 Å². The van der Waals surface area contributed by atoms with Gasteiger partial charge in [0.15, 0.2) is 0 Å². The zero-order chi connectivity index (χ0) is 19.3. The molecule has 0 amide bonds. The van der Waals surface area contributed by atoms with E-state index < -0.39 is 0 Å². The number of nitrogens with two attached hydrogens (primary N) is 1. The zero-order valence-corrected chi connectivity index (χ0v) is 16.4. The van der Waals surface area contributed by atoms with Gasteiger partial charge in [0.25, 0.3) is 0 Å². The summed E-state index contributed by atoms with van der Waals surface area (Å²) in [6.45, 7) is 5.40. The average Bonchev–Trinajstić information content (AvgIpc) is 2.73. The first-order chi connectivity index (χ1) is 13.7. The molecular formula is C23H27N5. The maximum Gasteiger partial charge on any atom is 0.219 e. The molecule has 1 aromatic carbocycles. The van der Waals surface area contributed by atoms with E-state index in [0.29, 0.717) is 11.9 Å². The van der Waals surface area contributed by atoms with E-state index in [2.05, 4.69) is 64.3 Å². The highest BCUT2D eigenvalue weighted by atomic mass is 15.1. The zero-order valence-electron chi connectivity index (χ0n) is 16.4. The number of likely N-dealkylation sites (tertiary alicyclic amines) is 1. The maximum absolute atomic E-state index is 5.63. The van der Waals surface area contributed by atoms with Crippen molar-refractivity contribution in [3.63, 3.8) is 0 Å². The summed E-state index contributed by atoms with van der Waals surface area (Å²) in [5.74, 6) is 0.772. The van der Waals surface area contributed by atoms with Gasteiger partial charge in [-0.3, -0.25) is 4.98 Å². The SMILES string of the molecule is Cc1cc(-c2cnc(N)nc2)cc([C@H]2CCCN(CCc3ccccc3)C2)n1. The summed E-state index contributed by atoms with van der Waals surface area (Å²) in [6.07, 6.45) is 7.08. The van der Waals surface area contributed by atoms with Crippen LogP contribution >= 0.6 is 0 Å². The van der Waals surface area contributed by atoms with Crippen molar-refractivity contribution >= 4 is 5.95 Å². The highest BCUT2D eigenvalue weighted by Gasteiger charge is 2.23. The number of hydrogen-bond acceptors (Lipinski definition) is 5. The minimum atomic E-state index is 0.302. The summed E-state index contributed by atoms with van der Waals surface area (Å²) < 4.78 is 0. The Morgan fingerprint density at radius 2 is 1.86 bits per heavy atom. The fourth-order valence-electron chi connectivity index (χ4n) is 3.99. The first-order valence-electron chi connectivity index (χ1n) is 10.00. The van der Waals surface area contributed by atoms with Crippen LogP contribution in [0.15, 0.2) is 54.9 Å². The molecule has 5 nitrogen and oxygen atoms in total. The van der Waals surface area contributed by atoms with Gasteiger partial charge < -0.3 is 10.6 Å². The molecule has 1 saturated heterocycles. The second-order valence-corrected chi connectivity index (χ2v) is 7.63. The van der Waals surface area contributed by atoms with Crippen molar-refractivity contribution in [3.05, 3.63) is 71.8 Å². The average molecular weight is 374 g/mol. The third-order valence-electron chi connectivity index (χ3n) is 5.46. The van der Waals surface area contributed by atoms with E-state index in [1.807, 2.05) is 0 Å². The molecule has 0 radical (unpaired) electrons. The van der Waals surface area contributed by atoms with Gasteiger partial charge in [0.2, 0.25) is 5.95 Å². The van der Waals surface area contributed by atoms with Crippen molar-refractivity contribution in [1.82, 2.24) is 19.9 Å². The Kier molecular flexibility index (Phi) is 5.63. The number of hydrogen-bond donors (Lipinski definition) is 1. The summed E-state index contributed by atoms with van der Waals surface area (Å²) in [4.78, 5) is 15.7. The first kappa shape index (κ1) is 18.6. The van der Waals surface area contributed by atoms with Gasteiger partial charge in [-0.25, -0.2) is 9.97 Å². The van der Waals surface area contributed by atoms with Gasteiger partial charge in [-0.1, -0.05) is 30.3 Å². The van der Waals surface area contributed by atoms with Crippen molar-refractivity contribution in [2.24, 2.45) is 0 Å². The van der Waals surface area contributed by atoms with Crippen LogP contribution in [0.1, 0.15) is 35.7 Å². The second-order valence-electron chi connectivity index (χ2n) is 7.63. The molecule has 144 valence electrons. The van der Waals surface area contributed by atoms with E-state index in [0.717, 1.165) is 36.3 Å². The highest BCUT2D eigenvalue weighted by Crippen LogP contribution is 2.29. The number of aromatic nitrogens is 3. The molecule has 2 aromatic heterocycles. The van der Waals surface area contributed by atoms with Gasteiger partial charge in [0.05, 0.1) is 0 Å². The van der Waals surface area contributed by atoms with Crippen LogP contribution in [-0.2, 0) is 6.42 Å². The minimum Gasteiger partial charge on any atom is -0.368 e. The van der Waals surface area contributed by atoms with Crippen LogP contribution in [0, 0.1) is 6.92 Å². The fourth-order valence-corrected chi connectivity index (χ4v) is 3.99. The molecule has 3 heterocycles. The Morgan fingerprint density at radius 3 is 2.64 bits per heavy atom. The first-order valence-corrected chi connectivity index (χ1v) is 10.00. The molecule has 4 rings (SSSR count). The van der Waals surface area contributed by atoms with E-state index >= 15 is 0 Å². The third-order valence-corrected chi connectivity index (χ3v) is 5.46. The Labute approximate surface area is 166 Å².